The third-order valence-electron chi connectivity index (χ3n) is 5.92. The number of carbonyl (C=O) groups is 1. The number of H-pyrrole nitrogens is 1. The molecule has 164 valence electrons. The smallest absolute Gasteiger partial charge is 0.248 e. The van der Waals surface area contributed by atoms with E-state index in [4.69, 9.17) is 14.2 Å². The van der Waals surface area contributed by atoms with Gasteiger partial charge in [0, 0.05) is 36.2 Å². The summed E-state index contributed by atoms with van der Waals surface area (Å²) in [5, 5.41) is 4.24. The van der Waals surface area contributed by atoms with E-state index in [9.17, 15) is 4.79 Å². The van der Waals surface area contributed by atoms with Crippen molar-refractivity contribution < 1.29 is 19.0 Å². The van der Waals surface area contributed by atoms with Crippen LogP contribution in [-0.4, -0.2) is 50.0 Å². The Bertz CT molecular complexity index is 992. The maximum Gasteiger partial charge on any atom is 0.248 e. The molecule has 1 amide bonds. The summed E-state index contributed by atoms with van der Waals surface area (Å²) in [5.41, 5.74) is 3.34. The fraction of sp³-hybridized carbons (Fsp3) is 0.400. The average Bonchev–Trinajstić information content (AvgIpc) is 3.48. The van der Waals surface area contributed by atoms with Gasteiger partial charge < -0.3 is 24.5 Å². The third-order valence-corrected chi connectivity index (χ3v) is 5.92. The van der Waals surface area contributed by atoms with Crippen LogP contribution in [0.15, 0.2) is 54.7 Å². The van der Waals surface area contributed by atoms with Crippen LogP contribution in [0.3, 0.4) is 0 Å². The number of aromatic amines is 1. The molecule has 31 heavy (non-hydrogen) atoms. The minimum absolute atomic E-state index is 0.00336. The maximum atomic E-state index is 12.7. The number of hydrogen-bond donors (Lipinski definition) is 2. The lowest BCUT2D eigenvalue weighted by atomic mass is 9.90. The van der Waals surface area contributed by atoms with Crippen LogP contribution in [0.2, 0.25) is 0 Å². The second-order valence-electron chi connectivity index (χ2n) is 7.97. The van der Waals surface area contributed by atoms with Gasteiger partial charge >= 0.3 is 0 Å². The summed E-state index contributed by atoms with van der Waals surface area (Å²) in [4.78, 5) is 16.1. The Morgan fingerprint density at radius 2 is 2.03 bits per heavy atom. The van der Waals surface area contributed by atoms with E-state index in [1.807, 2.05) is 30.5 Å². The molecule has 1 saturated heterocycles. The summed E-state index contributed by atoms with van der Waals surface area (Å²) in [6.07, 6.45) is 3.66. The number of benzene rings is 2. The molecule has 0 radical (unpaired) electrons. The molecule has 6 heteroatoms. The molecule has 0 spiro atoms. The average molecular weight is 423 g/mol. The Kier molecular flexibility index (Phi) is 6.89. The lowest BCUT2D eigenvalue weighted by Crippen LogP contribution is -2.38. The third kappa shape index (κ3) is 5.09. The van der Waals surface area contributed by atoms with E-state index < -0.39 is 6.10 Å². The molecule has 4 rings (SSSR count). The molecule has 2 N–H and O–H groups in total. The highest BCUT2D eigenvalue weighted by Crippen LogP contribution is 2.31. The Labute approximate surface area is 182 Å². The van der Waals surface area contributed by atoms with Crippen LogP contribution >= 0.6 is 0 Å². The predicted molar refractivity (Wildman–Crippen MR) is 121 cm³/mol. The molecule has 6 nitrogen and oxygen atoms in total. The molecule has 3 aromatic rings. The molecule has 3 unspecified atom stereocenters. The number of nitrogens with one attached hydrogen (secondary N) is 2. The zero-order valence-electron chi connectivity index (χ0n) is 18.1. The van der Waals surface area contributed by atoms with E-state index in [1.165, 1.54) is 0 Å². The van der Waals surface area contributed by atoms with E-state index in [1.54, 1.807) is 14.0 Å². The van der Waals surface area contributed by atoms with Gasteiger partial charge in [0.05, 0.1) is 19.8 Å². The van der Waals surface area contributed by atoms with Crippen LogP contribution in [0.1, 0.15) is 36.8 Å². The Morgan fingerprint density at radius 3 is 2.77 bits per heavy atom. The van der Waals surface area contributed by atoms with Crippen molar-refractivity contribution in [3.05, 3.63) is 65.9 Å². The standard InChI is InChI=1S/C25H30N2O4/c1-17(31-16-20-6-5-13-30-20)25(28)27-14-22(18-9-11-19(29-2)12-10-18)23-15-26-24-8-4-3-7-21(23)24/h3-4,7-12,15,17,20,22,26H,5-6,13-14,16H2,1-2H3,(H,27,28). The molecule has 1 aromatic heterocycles. The van der Waals surface area contributed by atoms with Crippen molar-refractivity contribution in [2.75, 3.05) is 26.9 Å². The molecular weight excluding hydrogens is 392 g/mol. The lowest BCUT2D eigenvalue weighted by molar-refractivity contribution is -0.133. The first kappa shape index (κ1) is 21.4. The molecule has 0 saturated carbocycles. The number of fused-ring (bicyclic) bond motifs is 1. The summed E-state index contributed by atoms with van der Waals surface area (Å²) in [7, 11) is 1.66. The molecule has 1 aliphatic rings. The van der Waals surface area contributed by atoms with Crippen molar-refractivity contribution in [1.82, 2.24) is 10.3 Å². The number of carbonyl (C=O) groups excluding carboxylic acids is 1. The Balaban J connectivity index is 1.48. The minimum Gasteiger partial charge on any atom is -0.497 e. The van der Waals surface area contributed by atoms with Crippen LogP contribution in [0.4, 0.5) is 0 Å². The second-order valence-corrected chi connectivity index (χ2v) is 7.97. The summed E-state index contributed by atoms with van der Waals surface area (Å²) in [6, 6.07) is 16.2. The van der Waals surface area contributed by atoms with Gasteiger partial charge in [0.2, 0.25) is 5.91 Å². The van der Waals surface area contributed by atoms with Gasteiger partial charge in [-0.1, -0.05) is 30.3 Å². The van der Waals surface area contributed by atoms with Gasteiger partial charge in [-0.2, -0.15) is 0 Å². The van der Waals surface area contributed by atoms with Gasteiger partial charge in [0.15, 0.2) is 0 Å². The van der Waals surface area contributed by atoms with Crippen molar-refractivity contribution in [3.63, 3.8) is 0 Å². The van der Waals surface area contributed by atoms with E-state index in [0.29, 0.717) is 13.2 Å². The van der Waals surface area contributed by atoms with E-state index in [2.05, 4.69) is 34.6 Å². The van der Waals surface area contributed by atoms with Crippen molar-refractivity contribution in [2.45, 2.75) is 37.9 Å². The highest BCUT2D eigenvalue weighted by molar-refractivity contribution is 5.84. The lowest BCUT2D eigenvalue weighted by Gasteiger charge is -2.21. The first-order valence-electron chi connectivity index (χ1n) is 10.9. The minimum atomic E-state index is -0.524. The van der Waals surface area contributed by atoms with Gasteiger partial charge in [-0.05, 0) is 49.1 Å². The fourth-order valence-corrected chi connectivity index (χ4v) is 4.08. The predicted octanol–water partition coefficient (Wildman–Crippen LogP) is 4.01. The molecule has 0 bridgehead atoms. The quantitative estimate of drug-likeness (QED) is 0.547. The number of amides is 1. The molecule has 1 fully saturated rings. The fourth-order valence-electron chi connectivity index (χ4n) is 4.08. The number of aromatic nitrogens is 1. The van der Waals surface area contributed by atoms with E-state index >= 15 is 0 Å². The zero-order chi connectivity index (χ0) is 21.6. The normalized spacial score (nSPS) is 18.1. The number of methoxy groups -OCH3 is 1. The molecule has 3 atom stereocenters. The van der Waals surface area contributed by atoms with Gasteiger partial charge in [-0.25, -0.2) is 0 Å². The zero-order valence-corrected chi connectivity index (χ0v) is 18.1. The van der Waals surface area contributed by atoms with Crippen LogP contribution in [-0.2, 0) is 14.3 Å². The summed E-state index contributed by atoms with van der Waals surface area (Å²) in [6.45, 7) is 3.50. The van der Waals surface area contributed by atoms with E-state index in [-0.39, 0.29) is 17.9 Å². The van der Waals surface area contributed by atoms with Crippen LogP contribution < -0.4 is 10.1 Å². The number of rotatable bonds is 9. The van der Waals surface area contributed by atoms with Gasteiger partial charge in [0.1, 0.15) is 11.9 Å². The van der Waals surface area contributed by atoms with Crippen LogP contribution in [0, 0.1) is 0 Å². The van der Waals surface area contributed by atoms with Crippen molar-refractivity contribution in [1.29, 1.82) is 0 Å². The summed E-state index contributed by atoms with van der Waals surface area (Å²) >= 11 is 0. The van der Waals surface area contributed by atoms with Crippen molar-refractivity contribution in [3.8, 4) is 5.75 Å². The number of para-hydroxylation sites is 1. The van der Waals surface area contributed by atoms with Crippen LogP contribution in [0.25, 0.3) is 10.9 Å². The molecular formula is C25H30N2O4. The van der Waals surface area contributed by atoms with Gasteiger partial charge in [0.25, 0.3) is 0 Å². The molecule has 2 heterocycles. The molecule has 2 aromatic carbocycles. The number of hydrogen-bond acceptors (Lipinski definition) is 4. The van der Waals surface area contributed by atoms with Gasteiger partial charge in [-0.3, -0.25) is 4.79 Å². The molecule has 0 aliphatic carbocycles. The maximum absolute atomic E-state index is 12.7. The molecule has 1 aliphatic heterocycles. The highest BCUT2D eigenvalue weighted by Gasteiger charge is 2.23. The van der Waals surface area contributed by atoms with Crippen LogP contribution in [0.5, 0.6) is 5.75 Å². The van der Waals surface area contributed by atoms with E-state index in [0.717, 1.165) is 47.2 Å². The number of ether oxygens (including phenoxy) is 3. The first-order valence-corrected chi connectivity index (χ1v) is 10.9. The SMILES string of the molecule is COc1ccc(C(CNC(=O)C(C)OCC2CCCO2)c2c[nH]c3ccccc23)cc1. The summed E-state index contributed by atoms with van der Waals surface area (Å²) in [5.74, 6) is 0.689. The second kappa shape index (κ2) is 9.98. The first-order chi connectivity index (χ1) is 15.2. The van der Waals surface area contributed by atoms with Crippen molar-refractivity contribution in [2.24, 2.45) is 0 Å². The topological polar surface area (TPSA) is 72.6 Å². The van der Waals surface area contributed by atoms with Crippen molar-refractivity contribution >= 4 is 16.8 Å². The van der Waals surface area contributed by atoms with Gasteiger partial charge in [-0.15, -0.1) is 0 Å². The summed E-state index contributed by atoms with van der Waals surface area (Å²) < 4.78 is 16.6. The highest BCUT2D eigenvalue weighted by atomic mass is 16.5. The Hall–Kier alpha value is -2.83. The Morgan fingerprint density at radius 1 is 1.23 bits per heavy atom. The largest absolute Gasteiger partial charge is 0.497 e. The monoisotopic (exact) mass is 422 g/mol.